The van der Waals surface area contributed by atoms with Gasteiger partial charge in [-0.3, -0.25) is 9.59 Å². The number of carbonyl (C=O) groups excluding carboxylic acids is 2. The number of fused-ring (bicyclic) bond motifs is 1. The van der Waals surface area contributed by atoms with E-state index in [9.17, 15) is 18.0 Å². The third-order valence-electron chi connectivity index (χ3n) is 5.39. The predicted octanol–water partition coefficient (Wildman–Crippen LogP) is 2.31. The van der Waals surface area contributed by atoms with Crippen molar-refractivity contribution in [3.05, 3.63) is 69.9 Å². The van der Waals surface area contributed by atoms with Gasteiger partial charge in [0.1, 0.15) is 11.2 Å². The third kappa shape index (κ3) is 4.74. The number of hydrogen-bond acceptors (Lipinski definition) is 6. The van der Waals surface area contributed by atoms with E-state index < -0.39 is 21.5 Å². The summed E-state index contributed by atoms with van der Waals surface area (Å²) in [7, 11) is -2.08. The number of rotatable bonds is 7. The van der Waals surface area contributed by atoms with Crippen molar-refractivity contribution < 1.29 is 27.5 Å². The second kappa shape index (κ2) is 8.79. The summed E-state index contributed by atoms with van der Waals surface area (Å²) in [6, 6.07) is 11.7. The largest absolute Gasteiger partial charge is 0.380 e. The second-order valence-electron chi connectivity index (χ2n) is 7.93. The molecule has 1 fully saturated rings. The predicted molar refractivity (Wildman–Crippen MR) is 123 cm³/mol. The van der Waals surface area contributed by atoms with E-state index in [1.165, 1.54) is 12.1 Å². The maximum absolute atomic E-state index is 13.1. The van der Waals surface area contributed by atoms with E-state index in [1.54, 1.807) is 25.3 Å². The number of ether oxygens (including phenoxy) is 2. The van der Waals surface area contributed by atoms with Gasteiger partial charge in [0.2, 0.25) is 10.0 Å². The van der Waals surface area contributed by atoms with Crippen LogP contribution in [0.1, 0.15) is 32.0 Å². The van der Waals surface area contributed by atoms with E-state index in [1.807, 2.05) is 16.9 Å². The van der Waals surface area contributed by atoms with E-state index in [-0.39, 0.29) is 24.7 Å². The zero-order valence-electron chi connectivity index (χ0n) is 17.9. The molecule has 11 heteroatoms. The molecular formula is C22H22ClN3O6S. The van der Waals surface area contributed by atoms with E-state index in [0.717, 1.165) is 28.3 Å². The highest BCUT2D eigenvalue weighted by Crippen LogP contribution is 2.32. The standard InChI is InChI=1S/C22H22ClN3O6S/c1-31-10-14-5-8-17-16(19(14)23)9-18(24-17)21(28)25-22(11-32-12-22)15-6-3-13(4-7-15)20(27)26-33(2,29)30/h3-9,24H,10-12H2,1-2H3,(H,25,28)(H,26,27). The molecule has 1 aliphatic heterocycles. The van der Waals surface area contributed by atoms with Crippen molar-refractivity contribution in [3.63, 3.8) is 0 Å². The van der Waals surface area contributed by atoms with Gasteiger partial charge in [-0.2, -0.15) is 0 Å². The molecule has 0 spiro atoms. The quantitative estimate of drug-likeness (QED) is 0.465. The van der Waals surface area contributed by atoms with Crippen molar-refractivity contribution in [1.82, 2.24) is 15.0 Å². The fourth-order valence-electron chi connectivity index (χ4n) is 3.67. The fourth-order valence-corrected chi connectivity index (χ4v) is 4.40. The summed E-state index contributed by atoms with van der Waals surface area (Å²) in [4.78, 5) is 28.2. The zero-order valence-corrected chi connectivity index (χ0v) is 19.5. The molecular weight excluding hydrogens is 470 g/mol. The molecule has 2 amide bonds. The first-order valence-corrected chi connectivity index (χ1v) is 12.2. The van der Waals surface area contributed by atoms with Gasteiger partial charge in [0.05, 0.1) is 31.1 Å². The third-order valence-corrected chi connectivity index (χ3v) is 6.39. The molecule has 0 radical (unpaired) electrons. The monoisotopic (exact) mass is 491 g/mol. The van der Waals surface area contributed by atoms with Crippen molar-refractivity contribution in [2.45, 2.75) is 12.1 Å². The lowest BCUT2D eigenvalue weighted by atomic mass is 9.87. The Hall–Kier alpha value is -2.92. The highest BCUT2D eigenvalue weighted by molar-refractivity contribution is 7.89. The molecule has 9 nitrogen and oxygen atoms in total. The van der Waals surface area contributed by atoms with Crippen LogP contribution in [0.4, 0.5) is 0 Å². The van der Waals surface area contributed by atoms with Gasteiger partial charge in [0, 0.05) is 23.6 Å². The van der Waals surface area contributed by atoms with Crippen molar-refractivity contribution >= 4 is 44.3 Å². The highest BCUT2D eigenvalue weighted by Gasteiger charge is 2.42. The van der Waals surface area contributed by atoms with Gasteiger partial charge in [-0.05, 0) is 35.4 Å². The molecule has 3 aromatic rings. The maximum atomic E-state index is 13.1. The van der Waals surface area contributed by atoms with Gasteiger partial charge in [-0.1, -0.05) is 29.8 Å². The summed E-state index contributed by atoms with van der Waals surface area (Å²) in [5.74, 6) is -1.06. The Kier molecular flexibility index (Phi) is 6.19. The summed E-state index contributed by atoms with van der Waals surface area (Å²) >= 11 is 6.46. The molecule has 0 saturated carbocycles. The molecule has 174 valence electrons. The number of H-pyrrole nitrogens is 1. The fraction of sp³-hybridized carbons (Fsp3) is 0.273. The average Bonchev–Trinajstić information content (AvgIpc) is 3.17. The molecule has 3 N–H and O–H groups in total. The van der Waals surface area contributed by atoms with Crippen LogP contribution in [-0.4, -0.2) is 51.8 Å². The van der Waals surface area contributed by atoms with E-state index >= 15 is 0 Å². The number of sulfonamides is 1. The lowest BCUT2D eigenvalue weighted by Crippen LogP contribution is -2.59. The van der Waals surface area contributed by atoms with E-state index in [4.69, 9.17) is 21.1 Å². The molecule has 0 bridgehead atoms. The Morgan fingerprint density at radius 3 is 2.42 bits per heavy atom. The topological polar surface area (TPSA) is 127 Å². The molecule has 1 saturated heterocycles. The zero-order chi connectivity index (χ0) is 23.8. The smallest absolute Gasteiger partial charge is 0.268 e. The Morgan fingerprint density at radius 2 is 1.85 bits per heavy atom. The van der Waals surface area contributed by atoms with Crippen LogP contribution in [0, 0.1) is 0 Å². The van der Waals surface area contributed by atoms with Gasteiger partial charge >= 0.3 is 0 Å². The molecule has 1 aromatic heterocycles. The van der Waals surface area contributed by atoms with Crippen molar-refractivity contribution in [2.75, 3.05) is 26.6 Å². The van der Waals surface area contributed by atoms with Gasteiger partial charge in [0.25, 0.3) is 11.8 Å². The van der Waals surface area contributed by atoms with Crippen LogP contribution in [0.2, 0.25) is 5.02 Å². The van der Waals surface area contributed by atoms with Crippen LogP contribution < -0.4 is 10.0 Å². The average molecular weight is 492 g/mol. The van der Waals surface area contributed by atoms with Gasteiger partial charge in [-0.15, -0.1) is 0 Å². The first-order chi connectivity index (χ1) is 15.6. The van der Waals surface area contributed by atoms with Crippen LogP contribution in [0.3, 0.4) is 0 Å². The lowest BCUT2D eigenvalue weighted by Gasteiger charge is -2.42. The van der Waals surface area contributed by atoms with Crippen molar-refractivity contribution in [1.29, 1.82) is 0 Å². The van der Waals surface area contributed by atoms with Crippen LogP contribution in [0.25, 0.3) is 10.9 Å². The summed E-state index contributed by atoms with van der Waals surface area (Å²) in [5, 5.41) is 4.25. The summed E-state index contributed by atoms with van der Waals surface area (Å²) in [6.07, 6.45) is 0.908. The van der Waals surface area contributed by atoms with Crippen LogP contribution in [-0.2, 0) is 31.6 Å². The maximum Gasteiger partial charge on any atom is 0.268 e. The first-order valence-electron chi connectivity index (χ1n) is 9.94. The van der Waals surface area contributed by atoms with E-state index in [0.29, 0.717) is 17.3 Å². The molecule has 2 aromatic carbocycles. The first kappa shape index (κ1) is 23.2. The van der Waals surface area contributed by atoms with Crippen LogP contribution in [0.15, 0.2) is 42.5 Å². The summed E-state index contributed by atoms with van der Waals surface area (Å²) in [6.45, 7) is 0.874. The SMILES string of the molecule is COCc1ccc2[nH]c(C(=O)NC3(c4ccc(C(=O)NS(C)(=O)=O)cc4)COC3)cc2c1Cl. The molecule has 0 unspecified atom stereocenters. The number of amides is 2. The lowest BCUT2D eigenvalue weighted by molar-refractivity contribution is -0.0734. The number of aromatic amines is 1. The minimum atomic E-state index is -3.67. The van der Waals surface area contributed by atoms with E-state index in [2.05, 4.69) is 10.3 Å². The molecule has 1 aliphatic rings. The van der Waals surface area contributed by atoms with Gasteiger partial charge in [0.15, 0.2) is 0 Å². The number of carbonyl (C=O) groups is 2. The summed E-state index contributed by atoms with van der Waals surface area (Å²) < 4.78 is 35.0. The normalized spacial score (nSPS) is 15.1. The Balaban J connectivity index is 1.55. The van der Waals surface area contributed by atoms with Crippen molar-refractivity contribution in [2.24, 2.45) is 0 Å². The minimum Gasteiger partial charge on any atom is -0.380 e. The molecule has 4 rings (SSSR count). The molecule has 33 heavy (non-hydrogen) atoms. The second-order valence-corrected chi connectivity index (χ2v) is 10.1. The number of nitrogens with one attached hydrogen (secondary N) is 3. The Bertz CT molecular complexity index is 1330. The number of aromatic nitrogens is 1. The number of methoxy groups -OCH3 is 1. The number of hydrogen-bond donors (Lipinski definition) is 3. The number of halogens is 1. The van der Waals surface area contributed by atoms with Gasteiger partial charge in [-0.25, -0.2) is 13.1 Å². The van der Waals surface area contributed by atoms with Crippen molar-refractivity contribution in [3.8, 4) is 0 Å². The molecule has 0 aliphatic carbocycles. The Morgan fingerprint density at radius 1 is 1.15 bits per heavy atom. The Labute approximate surface area is 195 Å². The minimum absolute atomic E-state index is 0.183. The van der Waals surface area contributed by atoms with Gasteiger partial charge < -0.3 is 19.8 Å². The number of benzene rings is 2. The molecule has 2 heterocycles. The van der Waals surface area contributed by atoms with Crippen LogP contribution in [0.5, 0.6) is 0 Å². The molecule has 0 atom stereocenters. The summed E-state index contributed by atoms with van der Waals surface area (Å²) in [5.41, 5.74) is 2.03. The highest BCUT2D eigenvalue weighted by atomic mass is 35.5. The van der Waals surface area contributed by atoms with Crippen LogP contribution >= 0.6 is 11.6 Å².